The topological polar surface area (TPSA) is 361 Å². The van der Waals surface area contributed by atoms with E-state index in [4.69, 9.17) is 61.7 Å². The standard InChI is InChI=1S/C50H52N16O15P2S2/c67-37-39-33(25-76-82(71)80-39)78-45(37)65-41-35(43(69)63-21-31(51-47(63)55-41)27-7-3-1-4-8-27)53-49(65)84-17-11-61-19-29(57-59-61)23-74-15-13-73-14-16-75-24-30-20-62(60-58-30)12-18-85-50-54-36-42(66(50)46-38(68)40-34(79-46)26-77-83(72)81-40)56-48-52-32(22-64(48)44(36)70)28-9-5-2-6-10-28/h1-10,19-22,33-34,37-40,45-46,67-68,71-72H,11-18,23-26H2,(H,51,55)(H,52,56)/t33?,34?,37?,38?,39-,40-,45-,46-,82?,83?/m1/s1. The van der Waals surface area contributed by atoms with Gasteiger partial charge in [-0.3, -0.25) is 28.1 Å². The van der Waals surface area contributed by atoms with Crippen LogP contribution in [0.3, 0.4) is 0 Å². The van der Waals surface area contributed by atoms with E-state index in [-0.39, 0.29) is 60.3 Å². The minimum Gasteiger partial charge on any atom is -0.386 e. The van der Waals surface area contributed by atoms with Crippen molar-refractivity contribution in [3.63, 3.8) is 0 Å². The van der Waals surface area contributed by atoms with Crippen molar-refractivity contribution in [2.45, 2.75) is 85.7 Å². The Labute approximate surface area is 489 Å². The Bertz CT molecular complexity index is 3870. The van der Waals surface area contributed by atoms with Crippen molar-refractivity contribution >= 4 is 74.6 Å². The van der Waals surface area contributed by atoms with Gasteiger partial charge in [-0.15, -0.1) is 10.2 Å². The fourth-order valence-electron chi connectivity index (χ4n) is 10.3. The number of hydrogen-bond acceptors (Lipinski definition) is 25. The number of aliphatic hydroxyl groups excluding tert-OH is 2. The molecule has 2 aromatic carbocycles. The van der Waals surface area contributed by atoms with Crippen LogP contribution >= 0.6 is 40.7 Å². The summed E-state index contributed by atoms with van der Waals surface area (Å²) < 4.78 is 60.8. The third-order valence-electron chi connectivity index (χ3n) is 14.4. The molecule has 8 aromatic heterocycles. The molecule has 0 bridgehead atoms. The Hall–Kier alpha value is -6.46. The van der Waals surface area contributed by atoms with E-state index in [2.05, 4.69) is 30.6 Å². The number of thioether (sulfide) groups is 2. The van der Waals surface area contributed by atoms with Crippen LogP contribution < -0.4 is 11.1 Å². The van der Waals surface area contributed by atoms with Gasteiger partial charge in [-0.05, 0) is 11.1 Å². The number of ether oxygens (including phenoxy) is 5. The maximum atomic E-state index is 14.0. The highest BCUT2D eigenvalue weighted by Gasteiger charge is 2.52. The molecule has 0 radical (unpaired) electrons. The number of hydrogen-bond donors (Lipinski definition) is 6. The predicted octanol–water partition coefficient (Wildman–Crippen LogP) is 2.70. The summed E-state index contributed by atoms with van der Waals surface area (Å²) in [4.78, 5) is 73.6. The van der Waals surface area contributed by atoms with E-state index in [1.165, 1.54) is 32.3 Å². The van der Waals surface area contributed by atoms with E-state index in [0.717, 1.165) is 11.1 Å². The minimum atomic E-state index is -2.19. The Morgan fingerprint density at radius 2 is 1.02 bits per heavy atom. The van der Waals surface area contributed by atoms with Crippen molar-refractivity contribution in [2.24, 2.45) is 0 Å². The van der Waals surface area contributed by atoms with E-state index in [1.54, 1.807) is 43.3 Å². The molecular formula is C50H52N16O15P2S2. The van der Waals surface area contributed by atoms with E-state index in [1.807, 2.05) is 60.7 Å². The van der Waals surface area contributed by atoms with Crippen LogP contribution in [0.1, 0.15) is 23.8 Å². The number of aryl methyl sites for hydroxylation is 2. The van der Waals surface area contributed by atoms with E-state index >= 15 is 0 Å². The first kappa shape index (κ1) is 56.4. The summed E-state index contributed by atoms with van der Waals surface area (Å²) in [5.74, 6) is 1.43. The van der Waals surface area contributed by atoms with Crippen LogP contribution in [0.25, 0.3) is 56.4 Å². The molecule has 4 aliphatic heterocycles. The van der Waals surface area contributed by atoms with Gasteiger partial charge in [0, 0.05) is 23.9 Å². The number of nitrogens with zero attached hydrogens (tertiary/aromatic N) is 14. The van der Waals surface area contributed by atoms with Crippen LogP contribution in [-0.4, -0.2) is 186 Å². The summed E-state index contributed by atoms with van der Waals surface area (Å²) in [5.41, 5.74) is 4.08. The maximum absolute atomic E-state index is 14.0. The molecule has 4 aliphatic rings. The van der Waals surface area contributed by atoms with Gasteiger partial charge in [0.05, 0.1) is 89.7 Å². The fourth-order valence-corrected chi connectivity index (χ4v) is 13.8. The van der Waals surface area contributed by atoms with Crippen LogP contribution in [0, 0.1) is 0 Å². The van der Waals surface area contributed by atoms with E-state index in [9.17, 15) is 29.6 Å². The maximum Gasteiger partial charge on any atom is 0.330 e. The molecule has 12 heterocycles. The highest BCUT2D eigenvalue weighted by Crippen LogP contribution is 2.49. The van der Waals surface area contributed by atoms with Gasteiger partial charge in [0.2, 0.25) is 11.6 Å². The van der Waals surface area contributed by atoms with Crippen LogP contribution in [0.2, 0.25) is 0 Å². The normalized spacial score (nSPS) is 24.2. The largest absolute Gasteiger partial charge is 0.386 e. The molecule has 10 aromatic rings. The summed E-state index contributed by atoms with van der Waals surface area (Å²) in [6.07, 6.45) is -0.778. The molecular weight excluding hydrogens is 1190 g/mol. The van der Waals surface area contributed by atoms with Gasteiger partial charge in [0.25, 0.3) is 11.1 Å². The Morgan fingerprint density at radius 3 is 1.47 bits per heavy atom. The molecule has 0 amide bonds. The smallest absolute Gasteiger partial charge is 0.330 e. The summed E-state index contributed by atoms with van der Waals surface area (Å²) in [7, 11) is -4.37. The second kappa shape index (κ2) is 24.4. The molecule has 0 spiro atoms. The van der Waals surface area contributed by atoms with Crippen LogP contribution in [0.15, 0.2) is 105 Å². The zero-order valence-electron chi connectivity index (χ0n) is 44.4. The Kier molecular flexibility index (Phi) is 16.2. The molecule has 444 valence electrons. The molecule has 4 fully saturated rings. The summed E-state index contributed by atoms with van der Waals surface area (Å²) in [6, 6.07) is 19.1. The number of fused-ring (bicyclic) bond motifs is 6. The van der Waals surface area contributed by atoms with Crippen molar-refractivity contribution in [3.05, 3.63) is 118 Å². The first-order valence-electron chi connectivity index (χ1n) is 26.8. The van der Waals surface area contributed by atoms with Crippen LogP contribution in [0.5, 0.6) is 0 Å². The lowest BCUT2D eigenvalue weighted by molar-refractivity contribution is -0.0614. The fraction of sp³-hybridized carbons (Fsp3) is 0.400. The lowest BCUT2D eigenvalue weighted by Crippen LogP contribution is -2.38. The first-order valence-corrected chi connectivity index (χ1v) is 31.0. The molecule has 85 heavy (non-hydrogen) atoms. The highest BCUT2D eigenvalue weighted by atomic mass is 32.2. The average molecular weight is 1240 g/mol. The SMILES string of the molecule is O=c1c2nc(SCCn3cc(COCCOCCOCc4cn(CCSc5nc6c(=O)n7cc(-c8ccccc8)[nH]c7nc6n5[C@@H]5OC6COP(O)O[C@H]6C5O)nn4)nn3)n([C@@H]3OC4COP(O)O[C@H]4C3O)c2nc2[nH]c(-c3ccccc3)cn12. The molecule has 35 heteroatoms. The number of H-pyrrole nitrogens is 2. The second-order valence-corrected chi connectivity index (χ2v) is 23.9. The van der Waals surface area contributed by atoms with Gasteiger partial charge in [0.1, 0.15) is 48.0 Å². The number of aromatic amines is 2. The summed E-state index contributed by atoms with van der Waals surface area (Å²) in [6.45, 7) is 2.48. The van der Waals surface area contributed by atoms with Crippen LogP contribution in [-0.2, 0) is 68.1 Å². The number of aromatic nitrogens is 16. The van der Waals surface area contributed by atoms with Gasteiger partial charge < -0.3 is 71.7 Å². The van der Waals surface area contributed by atoms with Crippen molar-refractivity contribution in [3.8, 4) is 22.5 Å². The number of benzene rings is 2. The number of rotatable bonds is 22. The van der Waals surface area contributed by atoms with Gasteiger partial charge >= 0.3 is 17.2 Å². The monoisotopic (exact) mass is 1240 g/mol. The van der Waals surface area contributed by atoms with Crippen molar-refractivity contribution in [2.75, 3.05) is 51.1 Å². The van der Waals surface area contributed by atoms with Crippen molar-refractivity contribution < 1.29 is 61.8 Å². The lowest BCUT2D eigenvalue weighted by atomic mass is 10.1. The predicted molar refractivity (Wildman–Crippen MR) is 300 cm³/mol. The zero-order valence-corrected chi connectivity index (χ0v) is 47.9. The second-order valence-electron chi connectivity index (χ2n) is 19.8. The summed E-state index contributed by atoms with van der Waals surface area (Å²) in [5, 5.41) is 40.7. The molecule has 0 saturated carbocycles. The quantitative estimate of drug-likeness (QED) is 0.0323. The Morgan fingerprint density at radius 1 is 0.588 bits per heavy atom. The third kappa shape index (κ3) is 11.3. The highest BCUT2D eigenvalue weighted by molar-refractivity contribution is 7.99. The number of imidazole rings is 4. The lowest BCUT2D eigenvalue weighted by Gasteiger charge is -2.27. The number of aliphatic hydroxyl groups is 2. The molecule has 4 saturated heterocycles. The molecule has 6 unspecified atom stereocenters. The minimum absolute atomic E-state index is 0.0139. The molecule has 31 nitrogen and oxygen atoms in total. The summed E-state index contributed by atoms with van der Waals surface area (Å²) >= 11 is 2.63. The van der Waals surface area contributed by atoms with Gasteiger partial charge in [-0.2, -0.15) is 9.97 Å². The number of nitrogens with one attached hydrogen (secondary N) is 2. The average Bonchev–Trinajstić information content (AvgIpc) is 3.37. The first-order chi connectivity index (χ1) is 41.6. The molecule has 10 atom stereocenters. The van der Waals surface area contributed by atoms with Gasteiger partial charge in [-0.1, -0.05) is 94.6 Å². The third-order valence-corrected chi connectivity index (χ3v) is 17.8. The van der Waals surface area contributed by atoms with Crippen molar-refractivity contribution in [1.29, 1.82) is 0 Å². The molecule has 14 rings (SSSR count). The molecule has 0 aliphatic carbocycles. The van der Waals surface area contributed by atoms with Crippen molar-refractivity contribution in [1.82, 2.24) is 77.8 Å². The Balaban J connectivity index is 0.536. The van der Waals surface area contributed by atoms with E-state index in [0.29, 0.717) is 84.1 Å². The van der Waals surface area contributed by atoms with Crippen LogP contribution in [0.4, 0.5) is 0 Å². The van der Waals surface area contributed by atoms with Gasteiger partial charge in [-0.25, -0.2) is 18.8 Å². The van der Waals surface area contributed by atoms with Gasteiger partial charge in [0.15, 0.2) is 45.1 Å². The molecule has 6 N–H and O–H groups in total. The zero-order chi connectivity index (χ0) is 57.7. The van der Waals surface area contributed by atoms with E-state index < -0.39 is 77.4 Å².